The molecule has 3 rings (SSSR count). The van der Waals surface area contributed by atoms with Crippen molar-refractivity contribution in [1.29, 1.82) is 0 Å². The second kappa shape index (κ2) is 7.46. The first-order valence-electron chi connectivity index (χ1n) is 9.76. The summed E-state index contributed by atoms with van der Waals surface area (Å²) in [5, 5.41) is 3.67. The number of nitrogens with one attached hydrogen (secondary N) is 1. The fourth-order valence-electron chi connectivity index (χ4n) is 5.68. The van der Waals surface area contributed by atoms with Crippen molar-refractivity contribution in [3.8, 4) is 0 Å². The van der Waals surface area contributed by atoms with Crippen LogP contribution in [0.3, 0.4) is 0 Å². The van der Waals surface area contributed by atoms with Crippen LogP contribution in [0.15, 0.2) is 0 Å². The minimum atomic E-state index is 0.749. The van der Waals surface area contributed by atoms with Crippen LogP contribution in [0.1, 0.15) is 77.6 Å². The number of hydrogen-bond acceptors (Lipinski definition) is 2. The first kappa shape index (κ1) is 15.8. The van der Waals surface area contributed by atoms with Crippen molar-refractivity contribution in [2.45, 2.75) is 95.7 Å². The summed E-state index contributed by atoms with van der Waals surface area (Å²) in [6, 6.07) is 2.50. The number of fused-ring (bicyclic) bond motifs is 1. The molecule has 3 aliphatic rings. The van der Waals surface area contributed by atoms with Crippen LogP contribution >= 0.6 is 0 Å². The van der Waals surface area contributed by atoms with E-state index in [1.165, 1.54) is 77.2 Å². The fraction of sp³-hybridized carbons (Fsp3) is 1.00. The Kier molecular flexibility index (Phi) is 5.61. The summed E-state index contributed by atoms with van der Waals surface area (Å²) in [4.78, 5) is 2.98. The molecule has 3 fully saturated rings. The minimum Gasteiger partial charge on any atom is -0.315 e. The van der Waals surface area contributed by atoms with Gasteiger partial charge in [0.05, 0.1) is 0 Å². The number of likely N-dealkylation sites (N-methyl/N-ethyl adjacent to an activating group) is 1. The van der Waals surface area contributed by atoms with Gasteiger partial charge in [0.15, 0.2) is 0 Å². The maximum Gasteiger partial charge on any atom is 0.0254 e. The summed E-state index contributed by atoms with van der Waals surface area (Å²) < 4.78 is 0. The normalized spacial score (nSPS) is 41.7. The molecule has 0 aromatic rings. The van der Waals surface area contributed by atoms with Gasteiger partial charge in [0, 0.05) is 18.1 Å². The van der Waals surface area contributed by atoms with E-state index in [-0.39, 0.29) is 0 Å². The molecule has 1 N–H and O–H groups in total. The zero-order valence-corrected chi connectivity index (χ0v) is 14.3. The molecule has 2 heteroatoms. The molecule has 2 saturated carbocycles. The molecule has 2 aliphatic carbocycles. The monoisotopic (exact) mass is 292 g/mol. The van der Waals surface area contributed by atoms with Crippen LogP contribution in [0.2, 0.25) is 0 Å². The largest absolute Gasteiger partial charge is 0.315 e. The van der Waals surface area contributed by atoms with Crippen LogP contribution in [0, 0.1) is 11.8 Å². The third-order valence-electron chi connectivity index (χ3n) is 6.71. The summed E-state index contributed by atoms with van der Waals surface area (Å²) >= 11 is 0. The molecule has 21 heavy (non-hydrogen) atoms. The van der Waals surface area contributed by atoms with Crippen LogP contribution in [0.25, 0.3) is 0 Å². The van der Waals surface area contributed by atoms with E-state index >= 15 is 0 Å². The van der Waals surface area contributed by atoms with Crippen molar-refractivity contribution < 1.29 is 0 Å². The molecule has 0 bridgehead atoms. The van der Waals surface area contributed by atoms with Crippen LogP contribution in [-0.2, 0) is 0 Å². The Labute approximate surface area is 132 Å². The first-order chi connectivity index (χ1) is 10.3. The molecular formula is C19H36N2. The highest BCUT2D eigenvalue weighted by molar-refractivity contribution is 4.97. The van der Waals surface area contributed by atoms with Gasteiger partial charge in [-0.2, -0.15) is 0 Å². The van der Waals surface area contributed by atoms with Crippen molar-refractivity contribution in [2.24, 2.45) is 11.8 Å². The van der Waals surface area contributed by atoms with Gasteiger partial charge < -0.3 is 5.32 Å². The third kappa shape index (κ3) is 3.47. The average molecular weight is 293 g/mol. The van der Waals surface area contributed by atoms with Crippen LogP contribution in [0.5, 0.6) is 0 Å². The van der Waals surface area contributed by atoms with E-state index in [2.05, 4.69) is 24.2 Å². The van der Waals surface area contributed by atoms with Crippen LogP contribution < -0.4 is 5.32 Å². The lowest BCUT2D eigenvalue weighted by Crippen LogP contribution is -2.59. The smallest absolute Gasteiger partial charge is 0.0254 e. The SMILES string of the molecule is CCCC1CCC(NC)C(N2CCCC3CCCCC32)C1. The van der Waals surface area contributed by atoms with Gasteiger partial charge in [-0.3, -0.25) is 4.90 Å². The van der Waals surface area contributed by atoms with Crippen molar-refractivity contribution in [2.75, 3.05) is 13.6 Å². The third-order valence-corrected chi connectivity index (χ3v) is 6.71. The quantitative estimate of drug-likeness (QED) is 0.835. The number of rotatable bonds is 4. The molecule has 0 amide bonds. The lowest BCUT2D eigenvalue weighted by atomic mass is 9.74. The number of piperidine rings is 1. The minimum absolute atomic E-state index is 0.749. The van der Waals surface area contributed by atoms with Crippen molar-refractivity contribution in [1.82, 2.24) is 10.2 Å². The average Bonchev–Trinajstić information content (AvgIpc) is 2.54. The van der Waals surface area contributed by atoms with Gasteiger partial charge in [0.2, 0.25) is 0 Å². The highest BCUT2D eigenvalue weighted by atomic mass is 15.2. The van der Waals surface area contributed by atoms with E-state index in [0.717, 1.165) is 30.0 Å². The van der Waals surface area contributed by atoms with Gasteiger partial charge in [-0.15, -0.1) is 0 Å². The number of nitrogens with zero attached hydrogens (tertiary/aromatic N) is 1. The van der Waals surface area contributed by atoms with Crippen molar-refractivity contribution >= 4 is 0 Å². The molecular weight excluding hydrogens is 256 g/mol. The molecule has 0 aromatic carbocycles. The molecule has 1 aliphatic heterocycles. The van der Waals surface area contributed by atoms with E-state index in [1.54, 1.807) is 0 Å². The Morgan fingerprint density at radius 2 is 1.76 bits per heavy atom. The van der Waals surface area contributed by atoms with Crippen molar-refractivity contribution in [3.05, 3.63) is 0 Å². The first-order valence-corrected chi connectivity index (χ1v) is 9.76. The van der Waals surface area contributed by atoms with E-state index in [9.17, 15) is 0 Å². The van der Waals surface area contributed by atoms with E-state index < -0.39 is 0 Å². The summed E-state index contributed by atoms with van der Waals surface area (Å²) in [5.74, 6) is 2.02. The van der Waals surface area contributed by atoms with Crippen LogP contribution in [0.4, 0.5) is 0 Å². The van der Waals surface area contributed by atoms with E-state index in [4.69, 9.17) is 0 Å². The molecule has 0 aromatic heterocycles. The molecule has 2 nitrogen and oxygen atoms in total. The molecule has 0 spiro atoms. The van der Waals surface area contributed by atoms with Gasteiger partial charge >= 0.3 is 0 Å². The number of likely N-dealkylation sites (tertiary alicyclic amines) is 1. The zero-order chi connectivity index (χ0) is 14.7. The van der Waals surface area contributed by atoms with Gasteiger partial charge in [-0.05, 0) is 70.4 Å². The second-order valence-electron chi connectivity index (χ2n) is 7.92. The lowest BCUT2D eigenvalue weighted by molar-refractivity contribution is -0.00832. The van der Waals surface area contributed by atoms with Crippen LogP contribution in [-0.4, -0.2) is 36.6 Å². The Hall–Kier alpha value is -0.0800. The summed E-state index contributed by atoms with van der Waals surface area (Å²) in [5.41, 5.74) is 0. The summed E-state index contributed by atoms with van der Waals surface area (Å²) in [7, 11) is 2.19. The molecule has 1 heterocycles. The fourth-order valence-corrected chi connectivity index (χ4v) is 5.68. The Morgan fingerprint density at radius 1 is 0.952 bits per heavy atom. The molecule has 0 radical (unpaired) electrons. The second-order valence-corrected chi connectivity index (χ2v) is 7.92. The predicted molar refractivity (Wildman–Crippen MR) is 90.6 cm³/mol. The molecule has 5 unspecified atom stereocenters. The maximum absolute atomic E-state index is 3.67. The molecule has 5 atom stereocenters. The zero-order valence-electron chi connectivity index (χ0n) is 14.3. The van der Waals surface area contributed by atoms with Crippen molar-refractivity contribution in [3.63, 3.8) is 0 Å². The summed E-state index contributed by atoms with van der Waals surface area (Å²) in [6.07, 6.45) is 16.1. The Morgan fingerprint density at radius 3 is 2.57 bits per heavy atom. The molecule has 122 valence electrons. The summed E-state index contributed by atoms with van der Waals surface area (Å²) in [6.45, 7) is 3.74. The Balaban J connectivity index is 1.71. The highest BCUT2D eigenvalue weighted by Gasteiger charge is 2.41. The van der Waals surface area contributed by atoms with Gasteiger partial charge in [-0.25, -0.2) is 0 Å². The van der Waals surface area contributed by atoms with E-state index in [0.29, 0.717) is 0 Å². The van der Waals surface area contributed by atoms with Gasteiger partial charge in [-0.1, -0.05) is 32.6 Å². The van der Waals surface area contributed by atoms with E-state index in [1.807, 2.05) is 0 Å². The van der Waals surface area contributed by atoms with Gasteiger partial charge in [0.1, 0.15) is 0 Å². The standard InChI is InChI=1S/C19H36N2/c1-3-7-15-11-12-17(20-2)19(14-15)21-13-6-9-16-8-4-5-10-18(16)21/h15-20H,3-14H2,1-2H3. The maximum atomic E-state index is 3.67. The number of hydrogen-bond donors (Lipinski definition) is 1. The van der Waals surface area contributed by atoms with Gasteiger partial charge in [0.25, 0.3) is 0 Å². The highest BCUT2D eigenvalue weighted by Crippen LogP contribution is 2.40. The molecule has 1 saturated heterocycles. The topological polar surface area (TPSA) is 15.3 Å². The lowest BCUT2D eigenvalue weighted by Gasteiger charge is -2.52. The Bertz CT molecular complexity index is 315. The predicted octanol–water partition coefficient (Wildman–Crippen LogP) is 4.20.